The third-order valence-electron chi connectivity index (χ3n) is 2.99. The Morgan fingerprint density at radius 2 is 2.00 bits per heavy atom. The maximum atomic E-state index is 5.52. The van der Waals surface area contributed by atoms with Gasteiger partial charge in [0.15, 0.2) is 0 Å². The number of aromatic nitrogens is 3. The van der Waals surface area contributed by atoms with Crippen molar-refractivity contribution in [3.8, 4) is 0 Å². The molecule has 2 aromatic heterocycles. The number of nitrogens with one attached hydrogen (secondary N) is 1. The van der Waals surface area contributed by atoms with Gasteiger partial charge in [-0.1, -0.05) is 20.8 Å². The molecule has 0 aliphatic rings. The van der Waals surface area contributed by atoms with E-state index in [1.807, 2.05) is 24.9 Å². The lowest BCUT2D eigenvalue weighted by molar-refractivity contribution is 0.545. The van der Waals surface area contributed by atoms with Crippen LogP contribution >= 0.6 is 11.3 Å². The van der Waals surface area contributed by atoms with Crippen LogP contribution < -0.4 is 16.2 Å². The van der Waals surface area contributed by atoms with Crippen molar-refractivity contribution < 1.29 is 0 Å². The molecule has 0 aliphatic carbocycles. The van der Waals surface area contributed by atoms with Gasteiger partial charge in [-0.15, -0.1) is 11.3 Å². The first-order chi connectivity index (χ1) is 9.79. The Kier molecular flexibility index (Phi) is 4.43. The SMILES string of the molecule is Cc1nc(CN(C)c2cc(NN)nc(C(C)(C)C)n2)cs1. The number of hydrogen-bond acceptors (Lipinski definition) is 7. The third kappa shape index (κ3) is 3.89. The summed E-state index contributed by atoms with van der Waals surface area (Å²) in [5.74, 6) is 7.72. The van der Waals surface area contributed by atoms with Crippen molar-refractivity contribution in [2.75, 3.05) is 17.4 Å². The summed E-state index contributed by atoms with van der Waals surface area (Å²) in [7, 11) is 1.99. The fourth-order valence-corrected chi connectivity index (χ4v) is 2.45. The topological polar surface area (TPSA) is 80.0 Å². The van der Waals surface area contributed by atoms with Gasteiger partial charge < -0.3 is 10.3 Å². The van der Waals surface area contributed by atoms with Crippen LogP contribution in [0.25, 0.3) is 0 Å². The van der Waals surface area contributed by atoms with E-state index in [1.165, 1.54) is 0 Å². The highest BCUT2D eigenvalue weighted by Gasteiger charge is 2.20. The largest absolute Gasteiger partial charge is 0.354 e. The van der Waals surface area contributed by atoms with Gasteiger partial charge in [0.25, 0.3) is 0 Å². The first-order valence-electron chi connectivity index (χ1n) is 6.78. The van der Waals surface area contributed by atoms with Crippen molar-refractivity contribution in [2.24, 2.45) is 5.84 Å². The summed E-state index contributed by atoms with van der Waals surface area (Å²) in [5, 5.41) is 3.14. The Balaban J connectivity index is 2.29. The van der Waals surface area contributed by atoms with Crippen molar-refractivity contribution in [1.29, 1.82) is 0 Å². The van der Waals surface area contributed by atoms with Crippen LogP contribution in [0.2, 0.25) is 0 Å². The zero-order valence-corrected chi connectivity index (χ0v) is 14.0. The fourth-order valence-electron chi connectivity index (χ4n) is 1.84. The highest BCUT2D eigenvalue weighted by molar-refractivity contribution is 7.09. The Labute approximate surface area is 129 Å². The average molecular weight is 306 g/mol. The Hall–Kier alpha value is -1.73. The monoisotopic (exact) mass is 306 g/mol. The minimum atomic E-state index is -0.139. The molecule has 2 rings (SSSR count). The van der Waals surface area contributed by atoms with E-state index in [0.29, 0.717) is 12.4 Å². The summed E-state index contributed by atoms with van der Waals surface area (Å²) in [5.41, 5.74) is 3.51. The Bertz CT molecular complexity index is 616. The fraction of sp³-hybridized carbons (Fsp3) is 0.500. The smallest absolute Gasteiger partial charge is 0.145 e. The number of anilines is 2. The van der Waals surface area contributed by atoms with Crippen molar-refractivity contribution in [2.45, 2.75) is 39.7 Å². The summed E-state index contributed by atoms with van der Waals surface area (Å²) in [6.07, 6.45) is 0. The number of nitrogens with zero attached hydrogens (tertiary/aromatic N) is 4. The molecule has 21 heavy (non-hydrogen) atoms. The Morgan fingerprint density at radius 3 is 2.52 bits per heavy atom. The van der Waals surface area contributed by atoms with Crippen LogP contribution in [0.5, 0.6) is 0 Å². The first kappa shape index (κ1) is 15.7. The molecule has 0 radical (unpaired) electrons. The van der Waals surface area contributed by atoms with Crippen LogP contribution in [0.3, 0.4) is 0 Å². The molecule has 3 N–H and O–H groups in total. The van der Waals surface area contributed by atoms with E-state index in [4.69, 9.17) is 5.84 Å². The normalized spacial score (nSPS) is 11.5. The summed E-state index contributed by atoms with van der Waals surface area (Å²) in [6, 6.07) is 1.84. The van der Waals surface area contributed by atoms with Gasteiger partial charge in [0.1, 0.15) is 17.5 Å². The minimum Gasteiger partial charge on any atom is -0.354 e. The number of rotatable bonds is 4. The van der Waals surface area contributed by atoms with Crippen LogP contribution in [0.4, 0.5) is 11.6 Å². The van der Waals surface area contributed by atoms with Crippen molar-refractivity contribution >= 4 is 23.0 Å². The lowest BCUT2D eigenvalue weighted by Gasteiger charge is -2.22. The molecular weight excluding hydrogens is 284 g/mol. The molecule has 0 atom stereocenters. The second kappa shape index (κ2) is 5.95. The zero-order valence-electron chi connectivity index (χ0n) is 13.1. The average Bonchev–Trinajstić information content (AvgIpc) is 2.82. The number of hydrogen-bond donors (Lipinski definition) is 2. The van der Waals surface area contributed by atoms with Gasteiger partial charge >= 0.3 is 0 Å². The molecule has 2 aromatic rings. The maximum Gasteiger partial charge on any atom is 0.145 e. The van der Waals surface area contributed by atoms with Crippen molar-refractivity contribution in [1.82, 2.24) is 15.0 Å². The molecule has 0 fully saturated rings. The van der Waals surface area contributed by atoms with Crippen LogP contribution in [0, 0.1) is 6.92 Å². The van der Waals surface area contributed by atoms with E-state index in [2.05, 4.69) is 46.5 Å². The second-order valence-electron chi connectivity index (χ2n) is 6.04. The molecule has 0 unspecified atom stereocenters. The lowest BCUT2D eigenvalue weighted by atomic mass is 9.96. The predicted octanol–water partition coefficient (Wildman–Crippen LogP) is 2.46. The minimum absolute atomic E-state index is 0.139. The second-order valence-corrected chi connectivity index (χ2v) is 7.11. The molecular formula is C14H22N6S. The molecule has 114 valence electrons. The standard InChI is InChI=1S/C14H22N6S/c1-9-16-10(8-21-9)7-20(5)12-6-11(19-15)17-13(18-12)14(2,3)4/h6,8H,7,15H2,1-5H3,(H,17,18,19). The van der Waals surface area contributed by atoms with E-state index in [1.54, 1.807) is 11.3 Å². The van der Waals surface area contributed by atoms with Crippen LogP contribution in [-0.2, 0) is 12.0 Å². The zero-order chi connectivity index (χ0) is 15.6. The molecule has 0 aliphatic heterocycles. The number of thiazole rings is 1. The van der Waals surface area contributed by atoms with Crippen LogP contribution in [0.1, 0.15) is 37.3 Å². The lowest BCUT2D eigenvalue weighted by Crippen LogP contribution is -2.24. The first-order valence-corrected chi connectivity index (χ1v) is 7.66. The van der Waals surface area contributed by atoms with E-state index < -0.39 is 0 Å². The van der Waals surface area contributed by atoms with Crippen molar-refractivity contribution in [3.63, 3.8) is 0 Å². The molecule has 0 saturated carbocycles. The summed E-state index contributed by atoms with van der Waals surface area (Å²) in [6.45, 7) is 8.95. The summed E-state index contributed by atoms with van der Waals surface area (Å²) >= 11 is 1.65. The van der Waals surface area contributed by atoms with E-state index in [9.17, 15) is 0 Å². The number of nitrogen functional groups attached to an aromatic ring is 1. The molecule has 6 nitrogen and oxygen atoms in total. The molecule has 0 saturated heterocycles. The molecule has 2 heterocycles. The highest BCUT2D eigenvalue weighted by Crippen LogP contribution is 2.24. The predicted molar refractivity (Wildman–Crippen MR) is 87.5 cm³/mol. The van der Waals surface area contributed by atoms with Gasteiger partial charge in [-0.3, -0.25) is 0 Å². The van der Waals surface area contributed by atoms with Gasteiger partial charge in [-0.25, -0.2) is 20.8 Å². The quantitative estimate of drug-likeness (QED) is 0.667. The Morgan fingerprint density at radius 1 is 1.29 bits per heavy atom. The highest BCUT2D eigenvalue weighted by atomic mass is 32.1. The summed E-state index contributed by atoms with van der Waals surface area (Å²) in [4.78, 5) is 15.6. The van der Waals surface area contributed by atoms with E-state index in [0.717, 1.165) is 22.3 Å². The number of hydrazine groups is 1. The maximum absolute atomic E-state index is 5.52. The van der Waals surface area contributed by atoms with Gasteiger partial charge in [0, 0.05) is 23.9 Å². The molecule has 7 heteroatoms. The molecule has 0 amide bonds. The number of nitrogens with two attached hydrogens (primary N) is 1. The molecule has 0 bridgehead atoms. The van der Waals surface area contributed by atoms with Gasteiger partial charge in [0.2, 0.25) is 0 Å². The van der Waals surface area contributed by atoms with Crippen molar-refractivity contribution in [3.05, 3.63) is 28.0 Å². The molecule has 0 aromatic carbocycles. The third-order valence-corrected chi connectivity index (χ3v) is 3.81. The summed E-state index contributed by atoms with van der Waals surface area (Å²) < 4.78 is 0. The van der Waals surface area contributed by atoms with Gasteiger partial charge in [-0.05, 0) is 6.92 Å². The van der Waals surface area contributed by atoms with Crippen LogP contribution in [0.15, 0.2) is 11.4 Å². The number of aryl methyl sites for hydroxylation is 1. The molecule has 0 spiro atoms. The van der Waals surface area contributed by atoms with Gasteiger partial charge in [0.05, 0.1) is 17.2 Å². The van der Waals surface area contributed by atoms with E-state index in [-0.39, 0.29) is 5.41 Å². The van der Waals surface area contributed by atoms with E-state index >= 15 is 0 Å². The van der Waals surface area contributed by atoms with Gasteiger partial charge in [-0.2, -0.15) is 0 Å². The van der Waals surface area contributed by atoms with Crippen LogP contribution in [-0.4, -0.2) is 22.0 Å².